The number of carbonyl (C=O) groups is 2. The third-order valence-corrected chi connectivity index (χ3v) is 2.59. The second-order valence-electron chi connectivity index (χ2n) is 2.71. The first-order chi connectivity index (χ1) is 6.68. The van der Waals surface area contributed by atoms with Crippen LogP contribution in [0, 0.1) is 0 Å². The number of hydrogen-bond donors (Lipinski definition) is 1. The second-order valence-corrected chi connectivity index (χ2v) is 3.55. The maximum absolute atomic E-state index is 11.1. The Balaban J connectivity index is 2.54. The van der Waals surface area contributed by atoms with Crippen molar-refractivity contribution < 1.29 is 14.7 Å². The molecule has 70 valence electrons. The van der Waals surface area contributed by atoms with Crippen LogP contribution >= 0.6 is 11.5 Å². The van der Waals surface area contributed by atoms with E-state index >= 15 is 0 Å². The van der Waals surface area contributed by atoms with Crippen molar-refractivity contribution in [3.8, 4) is 0 Å². The van der Waals surface area contributed by atoms with Gasteiger partial charge in [-0.1, -0.05) is 0 Å². The fraction of sp³-hybridized carbons (Fsp3) is 0. The number of carbonyl (C=O) groups excluding carboxylic acids is 1. The molecule has 1 heterocycles. The van der Waals surface area contributed by atoms with Gasteiger partial charge in [-0.3, -0.25) is 4.79 Å². The summed E-state index contributed by atoms with van der Waals surface area (Å²) in [5.41, 5.74) is 0.185. The molecule has 1 N–H and O–H groups in total. The van der Waals surface area contributed by atoms with Crippen molar-refractivity contribution in [3.05, 3.63) is 30.0 Å². The molecule has 2 aromatic rings. The first-order valence-electron chi connectivity index (χ1n) is 3.80. The highest BCUT2D eigenvalue weighted by Crippen LogP contribution is 2.19. The number of carboxylic acids is 1. The maximum atomic E-state index is 11.1. The minimum absolute atomic E-state index is 0.185. The van der Waals surface area contributed by atoms with E-state index in [0.717, 1.165) is 10.1 Å². The number of rotatable bonds is 2. The Labute approximate surface area is 83.0 Å². The van der Waals surface area contributed by atoms with E-state index in [0.29, 0.717) is 0 Å². The molecule has 0 aliphatic rings. The number of aliphatic carboxylic acids is 1. The standard InChI is InChI=1S/C9H5NO3S/c11-8(9(12)13)5-1-2-7-6(3-5)4-10-14-7/h1-4H,(H,12,13). The quantitative estimate of drug-likeness (QED) is 0.599. The molecule has 0 spiro atoms. The molecule has 2 rings (SSSR count). The van der Waals surface area contributed by atoms with Crippen molar-refractivity contribution in [2.45, 2.75) is 0 Å². The summed E-state index contributed by atoms with van der Waals surface area (Å²) in [4.78, 5) is 21.5. The highest BCUT2D eigenvalue weighted by molar-refractivity contribution is 7.13. The average Bonchev–Trinajstić information content (AvgIpc) is 2.62. The smallest absolute Gasteiger partial charge is 0.377 e. The maximum Gasteiger partial charge on any atom is 0.377 e. The Morgan fingerprint density at radius 3 is 2.86 bits per heavy atom. The fourth-order valence-corrected chi connectivity index (χ4v) is 1.76. The number of fused-ring (bicyclic) bond motifs is 1. The minimum atomic E-state index is -1.44. The number of benzene rings is 1. The van der Waals surface area contributed by atoms with Crippen LogP contribution in [0.2, 0.25) is 0 Å². The zero-order chi connectivity index (χ0) is 10.1. The van der Waals surface area contributed by atoms with E-state index in [-0.39, 0.29) is 5.56 Å². The lowest BCUT2D eigenvalue weighted by molar-refractivity contribution is -0.131. The van der Waals surface area contributed by atoms with Crippen molar-refractivity contribution in [2.24, 2.45) is 0 Å². The largest absolute Gasteiger partial charge is 0.475 e. The summed E-state index contributed by atoms with van der Waals surface area (Å²) in [5.74, 6) is -2.33. The lowest BCUT2D eigenvalue weighted by Gasteiger charge is -1.94. The summed E-state index contributed by atoms with van der Waals surface area (Å²) in [6.07, 6.45) is 1.61. The molecule has 0 aliphatic carbocycles. The summed E-state index contributed by atoms with van der Waals surface area (Å²) in [7, 11) is 0. The molecule has 0 bridgehead atoms. The predicted molar refractivity (Wildman–Crippen MR) is 51.6 cm³/mol. The van der Waals surface area contributed by atoms with E-state index < -0.39 is 11.8 Å². The molecule has 0 saturated heterocycles. The van der Waals surface area contributed by atoms with Crippen molar-refractivity contribution in [2.75, 3.05) is 0 Å². The molecule has 4 nitrogen and oxygen atoms in total. The molecule has 0 saturated carbocycles. The first kappa shape index (κ1) is 8.83. The molecular weight excluding hydrogens is 202 g/mol. The molecule has 0 amide bonds. The van der Waals surface area contributed by atoms with E-state index in [4.69, 9.17) is 5.11 Å². The zero-order valence-electron chi connectivity index (χ0n) is 6.93. The van der Waals surface area contributed by atoms with Gasteiger partial charge < -0.3 is 5.11 Å². The second kappa shape index (κ2) is 3.19. The molecule has 0 fully saturated rings. The molecule has 5 heteroatoms. The van der Waals surface area contributed by atoms with Crippen LogP contribution in [-0.4, -0.2) is 21.2 Å². The van der Waals surface area contributed by atoms with Gasteiger partial charge in [-0.15, -0.1) is 0 Å². The van der Waals surface area contributed by atoms with Crippen molar-refractivity contribution in [1.29, 1.82) is 0 Å². The highest BCUT2D eigenvalue weighted by atomic mass is 32.1. The molecule has 0 aliphatic heterocycles. The van der Waals surface area contributed by atoms with Crippen LogP contribution in [0.5, 0.6) is 0 Å². The summed E-state index contributed by atoms with van der Waals surface area (Å²) in [6.45, 7) is 0. The normalized spacial score (nSPS) is 10.3. The number of Topliss-reactive ketones (excluding diaryl/α,β-unsaturated/α-hetero) is 1. The molecule has 0 atom stereocenters. The number of carboxylic acid groups (broad SMARTS) is 1. The van der Waals surface area contributed by atoms with Gasteiger partial charge in [0.2, 0.25) is 0 Å². The average molecular weight is 207 g/mol. The van der Waals surface area contributed by atoms with Gasteiger partial charge in [0.05, 0.1) is 4.70 Å². The number of nitrogens with zero attached hydrogens (tertiary/aromatic N) is 1. The highest BCUT2D eigenvalue weighted by Gasteiger charge is 2.14. The molecule has 1 aromatic heterocycles. The van der Waals surface area contributed by atoms with E-state index in [2.05, 4.69) is 4.37 Å². The van der Waals surface area contributed by atoms with Gasteiger partial charge in [-0.2, -0.15) is 4.37 Å². The van der Waals surface area contributed by atoms with Gasteiger partial charge >= 0.3 is 5.97 Å². The van der Waals surface area contributed by atoms with Gasteiger partial charge in [-0.05, 0) is 29.7 Å². The lowest BCUT2D eigenvalue weighted by Crippen LogP contribution is -2.12. The van der Waals surface area contributed by atoms with Crippen LogP contribution in [0.3, 0.4) is 0 Å². The Hall–Kier alpha value is -1.75. The zero-order valence-corrected chi connectivity index (χ0v) is 7.75. The molecular formula is C9H5NO3S. The Morgan fingerprint density at radius 1 is 1.36 bits per heavy atom. The van der Waals surface area contributed by atoms with Crippen LogP contribution < -0.4 is 0 Å². The van der Waals surface area contributed by atoms with E-state index in [1.165, 1.54) is 23.7 Å². The topological polar surface area (TPSA) is 67.3 Å². The molecule has 14 heavy (non-hydrogen) atoms. The summed E-state index contributed by atoms with van der Waals surface area (Å²) in [6, 6.07) is 4.73. The SMILES string of the molecule is O=C(O)C(=O)c1ccc2sncc2c1. The fourth-order valence-electron chi connectivity index (χ4n) is 1.14. The third-order valence-electron chi connectivity index (χ3n) is 1.81. The summed E-state index contributed by atoms with van der Waals surface area (Å²) < 4.78 is 4.87. The van der Waals surface area contributed by atoms with Crippen LogP contribution in [0.25, 0.3) is 10.1 Å². The first-order valence-corrected chi connectivity index (χ1v) is 4.58. The Bertz CT molecular complexity index is 518. The van der Waals surface area contributed by atoms with Crippen molar-refractivity contribution in [3.63, 3.8) is 0 Å². The monoisotopic (exact) mass is 207 g/mol. The number of ketones is 1. The van der Waals surface area contributed by atoms with Gasteiger partial charge in [0.1, 0.15) is 0 Å². The molecule has 0 unspecified atom stereocenters. The van der Waals surface area contributed by atoms with Gasteiger partial charge in [0.25, 0.3) is 5.78 Å². The van der Waals surface area contributed by atoms with Gasteiger partial charge in [-0.25, -0.2) is 4.79 Å². The Morgan fingerprint density at radius 2 is 2.14 bits per heavy atom. The molecule has 0 radical (unpaired) electrons. The van der Waals surface area contributed by atoms with Crippen LogP contribution in [0.15, 0.2) is 24.4 Å². The summed E-state index contributed by atoms with van der Waals surface area (Å²) >= 11 is 1.31. The van der Waals surface area contributed by atoms with Crippen LogP contribution in [0.4, 0.5) is 0 Å². The van der Waals surface area contributed by atoms with Gasteiger partial charge in [0, 0.05) is 17.1 Å². The predicted octanol–water partition coefficient (Wildman–Crippen LogP) is 1.56. The third kappa shape index (κ3) is 1.38. The van der Waals surface area contributed by atoms with Crippen molar-refractivity contribution >= 4 is 33.4 Å². The number of aromatic nitrogens is 1. The Kier molecular flexibility index (Phi) is 2.01. The van der Waals surface area contributed by atoms with E-state index in [1.807, 2.05) is 0 Å². The van der Waals surface area contributed by atoms with Gasteiger partial charge in [0.15, 0.2) is 0 Å². The van der Waals surface area contributed by atoms with Crippen molar-refractivity contribution in [1.82, 2.24) is 4.37 Å². The van der Waals surface area contributed by atoms with E-state index in [9.17, 15) is 9.59 Å². The van der Waals surface area contributed by atoms with Crippen LogP contribution in [-0.2, 0) is 4.79 Å². The molecule has 1 aromatic carbocycles. The van der Waals surface area contributed by atoms with Crippen LogP contribution in [0.1, 0.15) is 10.4 Å². The van der Waals surface area contributed by atoms with E-state index in [1.54, 1.807) is 12.3 Å². The number of hydrogen-bond acceptors (Lipinski definition) is 4. The minimum Gasteiger partial charge on any atom is -0.475 e. The summed E-state index contributed by atoms with van der Waals surface area (Å²) in [5, 5.41) is 9.29. The lowest BCUT2D eigenvalue weighted by atomic mass is 10.1.